The fraction of sp³-hybridized carbons (Fsp3) is 0.538. The highest BCUT2D eigenvalue weighted by molar-refractivity contribution is 7.99. The van der Waals surface area contributed by atoms with Crippen molar-refractivity contribution in [1.29, 1.82) is 0 Å². The molecule has 0 spiro atoms. The van der Waals surface area contributed by atoms with Gasteiger partial charge < -0.3 is 0 Å². The quantitative estimate of drug-likeness (QED) is 0.595. The van der Waals surface area contributed by atoms with Gasteiger partial charge in [-0.25, -0.2) is 0 Å². The van der Waals surface area contributed by atoms with Crippen molar-refractivity contribution in [2.75, 3.05) is 11.5 Å². The molecule has 1 aromatic carbocycles. The molecular formula is C13H20Cl2N2S. The van der Waals surface area contributed by atoms with E-state index in [0.29, 0.717) is 16.0 Å². The molecule has 0 aliphatic rings. The second-order valence-corrected chi connectivity index (χ2v) is 6.65. The summed E-state index contributed by atoms with van der Waals surface area (Å²) in [4.78, 5) is 0. The molecule has 1 rings (SSSR count). The maximum Gasteiger partial charge on any atom is 0.0453 e. The molecule has 0 bridgehead atoms. The van der Waals surface area contributed by atoms with E-state index in [1.54, 1.807) is 6.07 Å². The molecule has 0 heterocycles. The number of hydrogen-bond acceptors (Lipinski definition) is 3. The van der Waals surface area contributed by atoms with Crippen LogP contribution in [0.15, 0.2) is 18.2 Å². The zero-order valence-corrected chi connectivity index (χ0v) is 13.1. The first kappa shape index (κ1) is 16.1. The Morgan fingerprint density at radius 1 is 1.28 bits per heavy atom. The average molecular weight is 307 g/mol. The van der Waals surface area contributed by atoms with Crippen LogP contribution in [0.25, 0.3) is 0 Å². The van der Waals surface area contributed by atoms with E-state index in [1.807, 2.05) is 23.9 Å². The Morgan fingerprint density at radius 3 is 2.56 bits per heavy atom. The molecule has 3 N–H and O–H groups in total. The molecule has 0 amide bonds. The van der Waals surface area contributed by atoms with E-state index < -0.39 is 0 Å². The molecular weight excluding hydrogens is 287 g/mol. The van der Waals surface area contributed by atoms with E-state index in [9.17, 15) is 0 Å². The molecule has 0 aliphatic heterocycles. The van der Waals surface area contributed by atoms with Crippen molar-refractivity contribution >= 4 is 35.0 Å². The molecule has 0 radical (unpaired) electrons. The number of rotatable bonds is 7. The molecule has 18 heavy (non-hydrogen) atoms. The zero-order chi connectivity index (χ0) is 13.5. The summed E-state index contributed by atoms with van der Waals surface area (Å²) in [6, 6.07) is 5.82. The molecule has 0 fully saturated rings. The monoisotopic (exact) mass is 306 g/mol. The van der Waals surface area contributed by atoms with Gasteiger partial charge in [0, 0.05) is 21.8 Å². The van der Waals surface area contributed by atoms with Gasteiger partial charge >= 0.3 is 0 Å². The molecule has 1 aromatic rings. The summed E-state index contributed by atoms with van der Waals surface area (Å²) in [6.45, 7) is 4.43. The fourth-order valence-corrected chi connectivity index (χ4v) is 3.16. The van der Waals surface area contributed by atoms with Gasteiger partial charge in [-0.15, -0.1) is 0 Å². The Balaban J connectivity index is 2.51. The van der Waals surface area contributed by atoms with E-state index in [2.05, 4.69) is 19.3 Å². The first-order valence-electron chi connectivity index (χ1n) is 6.00. The summed E-state index contributed by atoms with van der Waals surface area (Å²) in [7, 11) is 0. The van der Waals surface area contributed by atoms with Gasteiger partial charge in [0.15, 0.2) is 0 Å². The number of benzene rings is 1. The Labute approximate surface area is 124 Å². The van der Waals surface area contributed by atoms with Crippen molar-refractivity contribution in [1.82, 2.24) is 5.43 Å². The van der Waals surface area contributed by atoms with Gasteiger partial charge in [0.05, 0.1) is 0 Å². The van der Waals surface area contributed by atoms with Crippen LogP contribution in [0.4, 0.5) is 0 Å². The summed E-state index contributed by atoms with van der Waals surface area (Å²) < 4.78 is 0. The zero-order valence-electron chi connectivity index (χ0n) is 10.7. The van der Waals surface area contributed by atoms with E-state index in [4.69, 9.17) is 29.0 Å². The highest BCUT2D eigenvalue weighted by atomic mass is 35.5. The third-order valence-corrected chi connectivity index (χ3v) is 4.61. The lowest BCUT2D eigenvalue weighted by Gasteiger charge is -2.17. The summed E-state index contributed by atoms with van der Waals surface area (Å²) in [5, 5.41) is 1.37. The largest absolute Gasteiger partial charge is 0.271 e. The molecule has 5 heteroatoms. The van der Waals surface area contributed by atoms with Crippen LogP contribution in [0.2, 0.25) is 10.0 Å². The van der Waals surface area contributed by atoms with Crippen molar-refractivity contribution in [3.63, 3.8) is 0 Å². The standard InChI is InChI=1S/C13H20Cl2N2S/c1-9(2)7-18-8-12(17-16)5-10-3-4-11(14)6-13(10)15/h3-4,6,9,12,17H,5,7-8,16H2,1-2H3. The lowest BCUT2D eigenvalue weighted by Crippen LogP contribution is -2.38. The Morgan fingerprint density at radius 2 is 2.00 bits per heavy atom. The van der Waals surface area contributed by atoms with Crippen molar-refractivity contribution in [2.24, 2.45) is 11.8 Å². The minimum absolute atomic E-state index is 0.229. The first-order chi connectivity index (χ1) is 8.52. The third-order valence-electron chi connectivity index (χ3n) is 2.49. The molecule has 2 nitrogen and oxygen atoms in total. The lowest BCUT2D eigenvalue weighted by atomic mass is 10.1. The van der Waals surface area contributed by atoms with Crippen LogP contribution >= 0.6 is 35.0 Å². The minimum Gasteiger partial charge on any atom is -0.271 e. The normalized spacial score (nSPS) is 13.0. The fourth-order valence-electron chi connectivity index (χ4n) is 1.56. The third kappa shape index (κ3) is 5.81. The molecule has 102 valence electrons. The highest BCUT2D eigenvalue weighted by Gasteiger charge is 2.11. The summed E-state index contributed by atoms with van der Waals surface area (Å²) >= 11 is 13.9. The molecule has 1 atom stereocenters. The van der Waals surface area contributed by atoms with E-state index >= 15 is 0 Å². The Hall–Kier alpha value is 0.0700. The van der Waals surface area contributed by atoms with Gasteiger partial charge in [-0.2, -0.15) is 11.8 Å². The molecule has 0 aliphatic carbocycles. The molecule has 1 unspecified atom stereocenters. The van der Waals surface area contributed by atoms with Crippen molar-refractivity contribution < 1.29 is 0 Å². The van der Waals surface area contributed by atoms with Crippen LogP contribution in [0.5, 0.6) is 0 Å². The predicted octanol–water partition coefficient (Wildman–Crippen LogP) is 3.76. The molecule has 0 saturated carbocycles. The summed E-state index contributed by atoms with van der Waals surface area (Å²) in [6.07, 6.45) is 0.817. The first-order valence-corrected chi connectivity index (χ1v) is 7.91. The number of halogens is 2. The number of nitrogens with two attached hydrogens (primary N) is 1. The van der Waals surface area contributed by atoms with Crippen molar-refractivity contribution in [3.05, 3.63) is 33.8 Å². The number of hydrazine groups is 1. The van der Waals surface area contributed by atoms with Gasteiger partial charge in [-0.05, 0) is 35.8 Å². The number of hydrogen-bond donors (Lipinski definition) is 2. The van der Waals surface area contributed by atoms with Crippen LogP contribution in [-0.2, 0) is 6.42 Å². The predicted molar refractivity (Wildman–Crippen MR) is 83.4 cm³/mol. The Kier molecular flexibility index (Phi) is 7.42. The van der Waals surface area contributed by atoms with Gasteiger partial charge in [0.2, 0.25) is 0 Å². The van der Waals surface area contributed by atoms with Gasteiger partial charge in [-0.1, -0.05) is 43.1 Å². The van der Waals surface area contributed by atoms with Gasteiger partial charge in [0.1, 0.15) is 0 Å². The Bertz CT molecular complexity index is 372. The second kappa shape index (κ2) is 8.28. The molecule has 0 saturated heterocycles. The van der Waals surface area contributed by atoms with E-state index in [0.717, 1.165) is 23.5 Å². The minimum atomic E-state index is 0.229. The van der Waals surface area contributed by atoms with E-state index in [-0.39, 0.29) is 6.04 Å². The average Bonchev–Trinajstić information content (AvgIpc) is 2.30. The number of nitrogens with one attached hydrogen (secondary N) is 1. The topological polar surface area (TPSA) is 38.0 Å². The van der Waals surface area contributed by atoms with Crippen LogP contribution < -0.4 is 11.3 Å². The van der Waals surface area contributed by atoms with Crippen molar-refractivity contribution in [3.8, 4) is 0 Å². The van der Waals surface area contributed by atoms with Gasteiger partial charge in [0.25, 0.3) is 0 Å². The second-order valence-electron chi connectivity index (χ2n) is 4.73. The maximum atomic E-state index is 6.16. The van der Waals surface area contributed by atoms with Crippen LogP contribution in [0, 0.1) is 5.92 Å². The van der Waals surface area contributed by atoms with Gasteiger partial charge in [-0.3, -0.25) is 11.3 Å². The SMILES string of the molecule is CC(C)CSCC(Cc1ccc(Cl)cc1Cl)NN. The van der Waals surface area contributed by atoms with Crippen molar-refractivity contribution in [2.45, 2.75) is 26.3 Å². The van der Waals surface area contributed by atoms with Crippen LogP contribution in [0.3, 0.4) is 0 Å². The summed E-state index contributed by atoms with van der Waals surface area (Å²) in [5.74, 6) is 8.41. The maximum absolute atomic E-state index is 6.16. The van der Waals surface area contributed by atoms with E-state index in [1.165, 1.54) is 0 Å². The molecule has 0 aromatic heterocycles. The van der Waals surface area contributed by atoms with Crippen LogP contribution in [-0.4, -0.2) is 17.5 Å². The number of thioether (sulfide) groups is 1. The lowest BCUT2D eigenvalue weighted by molar-refractivity contribution is 0.575. The highest BCUT2D eigenvalue weighted by Crippen LogP contribution is 2.22. The van der Waals surface area contributed by atoms with Crippen LogP contribution in [0.1, 0.15) is 19.4 Å². The smallest absolute Gasteiger partial charge is 0.0453 e. The summed E-state index contributed by atoms with van der Waals surface area (Å²) in [5.41, 5.74) is 3.93.